The summed E-state index contributed by atoms with van der Waals surface area (Å²) in [6, 6.07) is 12.1. The highest BCUT2D eigenvalue weighted by Crippen LogP contribution is 2.27. The van der Waals surface area contributed by atoms with Crippen molar-refractivity contribution in [3.63, 3.8) is 0 Å². The van der Waals surface area contributed by atoms with E-state index in [-0.39, 0.29) is 0 Å². The van der Waals surface area contributed by atoms with E-state index in [0.29, 0.717) is 6.61 Å². The average Bonchev–Trinajstić information content (AvgIpc) is 2.38. The Kier molecular flexibility index (Phi) is 4.48. The van der Waals surface area contributed by atoms with Crippen LogP contribution in [0.2, 0.25) is 0 Å². The number of halogens is 1. The first kappa shape index (κ1) is 13.9. The molecule has 100 valence electrons. The summed E-state index contributed by atoms with van der Waals surface area (Å²) in [4.78, 5) is 0. The van der Waals surface area contributed by atoms with Crippen LogP contribution in [0.25, 0.3) is 0 Å². The minimum absolute atomic E-state index is 0.494. The highest BCUT2D eigenvalue weighted by Gasteiger charge is 2.07. The summed E-state index contributed by atoms with van der Waals surface area (Å²) < 4.78 is 12.3. The molecule has 0 bridgehead atoms. The van der Waals surface area contributed by atoms with E-state index in [2.05, 4.69) is 41.9 Å². The number of aryl methyl sites for hydroxylation is 2. The lowest BCUT2D eigenvalue weighted by Gasteiger charge is -2.14. The van der Waals surface area contributed by atoms with Gasteiger partial charge in [0, 0.05) is 10.0 Å². The van der Waals surface area contributed by atoms with Crippen molar-refractivity contribution in [3.8, 4) is 11.5 Å². The molecule has 0 atom stereocenters. The van der Waals surface area contributed by atoms with E-state index >= 15 is 0 Å². The molecule has 0 aliphatic heterocycles. The van der Waals surface area contributed by atoms with Crippen molar-refractivity contribution in [2.24, 2.45) is 0 Å². The highest BCUT2D eigenvalue weighted by atomic mass is 79.9. The molecule has 0 amide bonds. The largest absolute Gasteiger partial charge is 0.496 e. The van der Waals surface area contributed by atoms with Gasteiger partial charge in [-0.15, -0.1) is 0 Å². The number of rotatable bonds is 4. The van der Waals surface area contributed by atoms with Crippen LogP contribution in [-0.4, -0.2) is 7.11 Å². The van der Waals surface area contributed by atoms with Crippen LogP contribution in [-0.2, 0) is 6.61 Å². The molecule has 3 heteroatoms. The van der Waals surface area contributed by atoms with E-state index in [1.54, 1.807) is 7.11 Å². The van der Waals surface area contributed by atoms with Gasteiger partial charge in [-0.05, 0) is 43.2 Å². The van der Waals surface area contributed by atoms with Gasteiger partial charge in [-0.2, -0.15) is 0 Å². The molecule has 0 fully saturated rings. The molecule has 0 saturated carbocycles. The van der Waals surface area contributed by atoms with Gasteiger partial charge in [0.25, 0.3) is 0 Å². The summed E-state index contributed by atoms with van der Waals surface area (Å²) in [5.41, 5.74) is 3.32. The Morgan fingerprint density at radius 3 is 2.37 bits per heavy atom. The summed E-state index contributed by atoms with van der Waals surface area (Å²) in [7, 11) is 1.67. The maximum absolute atomic E-state index is 5.95. The molecule has 0 aromatic heterocycles. The summed E-state index contributed by atoms with van der Waals surface area (Å²) in [5, 5.41) is 0. The normalized spacial score (nSPS) is 10.3. The number of para-hydroxylation sites is 1. The van der Waals surface area contributed by atoms with Crippen molar-refractivity contribution < 1.29 is 9.47 Å². The molecule has 0 aliphatic rings. The fraction of sp³-hybridized carbons (Fsp3) is 0.250. The second kappa shape index (κ2) is 6.11. The van der Waals surface area contributed by atoms with Gasteiger partial charge in [-0.3, -0.25) is 0 Å². The molecule has 0 radical (unpaired) electrons. The predicted molar refractivity (Wildman–Crippen MR) is 80.9 cm³/mol. The molecular formula is C16H17BrO2. The van der Waals surface area contributed by atoms with Gasteiger partial charge in [0.2, 0.25) is 0 Å². The van der Waals surface area contributed by atoms with Crippen LogP contribution < -0.4 is 9.47 Å². The summed E-state index contributed by atoms with van der Waals surface area (Å²) >= 11 is 3.47. The van der Waals surface area contributed by atoms with Crippen molar-refractivity contribution in [1.82, 2.24) is 0 Å². The van der Waals surface area contributed by atoms with Crippen LogP contribution in [0, 0.1) is 13.8 Å². The van der Waals surface area contributed by atoms with Gasteiger partial charge < -0.3 is 9.47 Å². The van der Waals surface area contributed by atoms with Crippen molar-refractivity contribution in [2.75, 3.05) is 7.11 Å². The standard InChI is InChI=1S/C16H17BrO2/c1-11-5-4-6-12(2)16(11)19-10-13-9-14(17)7-8-15(13)18-3/h4-9H,10H2,1-3H3. The minimum Gasteiger partial charge on any atom is -0.496 e. The molecular weight excluding hydrogens is 304 g/mol. The van der Waals surface area contributed by atoms with Crippen LogP contribution in [0.3, 0.4) is 0 Å². The highest BCUT2D eigenvalue weighted by molar-refractivity contribution is 9.10. The molecule has 2 rings (SSSR count). The van der Waals surface area contributed by atoms with Crippen molar-refractivity contribution in [3.05, 3.63) is 57.6 Å². The lowest BCUT2D eigenvalue weighted by Crippen LogP contribution is -2.01. The van der Waals surface area contributed by atoms with E-state index in [9.17, 15) is 0 Å². The predicted octanol–water partition coefficient (Wildman–Crippen LogP) is 4.65. The lowest BCUT2D eigenvalue weighted by atomic mass is 10.1. The van der Waals surface area contributed by atoms with E-state index in [1.807, 2.05) is 24.3 Å². The van der Waals surface area contributed by atoms with E-state index in [0.717, 1.165) is 32.7 Å². The number of hydrogen-bond acceptors (Lipinski definition) is 2. The Hall–Kier alpha value is -1.48. The van der Waals surface area contributed by atoms with E-state index < -0.39 is 0 Å². The summed E-state index contributed by atoms with van der Waals surface area (Å²) in [5.74, 6) is 1.79. The molecule has 0 unspecified atom stereocenters. The molecule has 0 heterocycles. The van der Waals surface area contributed by atoms with Crippen molar-refractivity contribution in [1.29, 1.82) is 0 Å². The molecule has 0 N–H and O–H groups in total. The van der Waals surface area contributed by atoms with E-state index in [4.69, 9.17) is 9.47 Å². The molecule has 19 heavy (non-hydrogen) atoms. The zero-order valence-corrected chi connectivity index (χ0v) is 13.0. The third kappa shape index (κ3) is 3.29. The quantitative estimate of drug-likeness (QED) is 0.816. The number of hydrogen-bond donors (Lipinski definition) is 0. The molecule has 0 spiro atoms. The van der Waals surface area contributed by atoms with Gasteiger partial charge in [0.05, 0.1) is 7.11 Å². The van der Waals surface area contributed by atoms with E-state index in [1.165, 1.54) is 0 Å². The van der Waals surface area contributed by atoms with Gasteiger partial charge in [0.15, 0.2) is 0 Å². The number of benzene rings is 2. The zero-order chi connectivity index (χ0) is 13.8. The molecule has 2 aromatic rings. The van der Waals surface area contributed by atoms with Crippen LogP contribution >= 0.6 is 15.9 Å². The van der Waals surface area contributed by atoms with Gasteiger partial charge in [-0.1, -0.05) is 34.1 Å². The zero-order valence-electron chi connectivity index (χ0n) is 11.4. The molecule has 2 nitrogen and oxygen atoms in total. The Bertz CT molecular complexity index is 559. The van der Waals surface area contributed by atoms with Crippen LogP contribution in [0.1, 0.15) is 16.7 Å². The van der Waals surface area contributed by atoms with Gasteiger partial charge >= 0.3 is 0 Å². The Labute approximate surface area is 122 Å². The maximum atomic E-state index is 5.95. The third-order valence-electron chi connectivity index (χ3n) is 3.02. The number of ether oxygens (including phenoxy) is 2. The first-order valence-electron chi connectivity index (χ1n) is 6.13. The monoisotopic (exact) mass is 320 g/mol. The fourth-order valence-corrected chi connectivity index (χ4v) is 2.45. The first-order valence-corrected chi connectivity index (χ1v) is 6.92. The Morgan fingerprint density at radius 2 is 1.74 bits per heavy atom. The summed E-state index contributed by atoms with van der Waals surface area (Å²) in [6.07, 6.45) is 0. The van der Waals surface area contributed by atoms with Crippen LogP contribution in [0.5, 0.6) is 11.5 Å². The number of methoxy groups -OCH3 is 1. The maximum Gasteiger partial charge on any atom is 0.125 e. The second-order valence-corrected chi connectivity index (χ2v) is 5.38. The van der Waals surface area contributed by atoms with Crippen molar-refractivity contribution >= 4 is 15.9 Å². The fourth-order valence-electron chi connectivity index (χ4n) is 2.04. The van der Waals surface area contributed by atoms with Gasteiger partial charge in [-0.25, -0.2) is 0 Å². The minimum atomic E-state index is 0.494. The average molecular weight is 321 g/mol. The third-order valence-corrected chi connectivity index (χ3v) is 3.52. The lowest BCUT2D eigenvalue weighted by molar-refractivity contribution is 0.293. The van der Waals surface area contributed by atoms with Gasteiger partial charge in [0.1, 0.15) is 18.1 Å². The Balaban J connectivity index is 2.21. The summed E-state index contributed by atoms with van der Waals surface area (Å²) in [6.45, 7) is 4.61. The SMILES string of the molecule is COc1ccc(Br)cc1COc1c(C)cccc1C. The first-order chi connectivity index (χ1) is 9.11. The molecule has 0 aliphatic carbocycles. The second-order valence-electron chi connectivity index (χ2n) is 4.47. The topological polar surface area (TPSA) is 18.5 Å². The molecule has 0 saturated heterocycles. The van der Waals surface area contributed by atoms with Crippen LogP contribution in [0.4, 0.5) is 0 Å². The van der Waals surface area contributed by atoms with Crippen LogP contribution in [0.15, 0.2) is 40.9 Å². The van der Waals surface area contributed by atoms with Crippen molar-refractivity contribution in [2.45, 2.75) is 20.5 Å². The smallest absolute Gasteiger partial charge is 0.125 e. The Morgan fingerprint density at radius 1 is 1.05 bits per heavy atom. The molecule has 2 aromatic carbocycles.